The van der Waals surface area contributed by atoms with Gasteiger partial charge in [-0.15, -0.1) is 0 Å². The van der Waals surface area contributed by atoms with E-state index < -0.39 is 5.92 Å². The first-order chi connectivity index (χ1) is 7.10. The second-order valence-corrected chi connectivity index (χ2v) is 4.04. The van der Waals surface area contributed by atoms with E-state index in [1.54, 1.807) is 0 Å². The Kier molecular flexibility index (Phi) is 4.15. The summed E-state index contributed by atoms with van der Waals surface area (Å²) in [6.45, 7) is 1.68. The average molecular weight is 212 g/mol. The van der Waals surface area contributed by atoms with Gasteiger partial charge in [0.2, 0.25) is 0 Å². The molecule has 0 unspecified atom stereocenters. The quantitative estimate of drug-likeness (QED) is 0.689. The van der Waals surface area contributed by atoms with Crippen LogP contribution in [0.3, 0.4) is 0 Å². The van der Waals surface area contributed by atoms with E-state index in [1.807, 2.05) is 6.92 Å². The summed E-state index contributed by atoms with van der Waals surface area (Å²) in [4.78, 5) is 34.6. The van der Waals surface area contributed by atoms with Gasteiger partial charge in [-0.25, -0.2) is 0 Å². The molecular weight excluding hydrogens is 196 g/mol. The van der Waals surface area contributed by atoms with Gasteiger partial charge in [-0.3, -0.25) is 14.4 Å². The maximum Gasteiger partial charge on any atom is 0.151 e. The second kappa shape index (κ2) is 5.16. The van der Waals surface area contributed by atoms with E-state index in [4.69, 9.17) is 5.11 Å². The van der Waals surface area contributed by atoms with Gasteiger partial charge in [-0.05, 0) is 12.3 Å². The third-order valence-corrected chi connectivity index (χ3v) is 2.70. The third-order valence-electron chi connectivity index (χ3n) is 2.70. The fourth-order valence-corrected chi connectivity index (χ4v) is 1.94. The number of aliphatic hydroxyl groups is 1. The number of Topliss-reactive ketones (excluding diaryl/α,β-unsaturated/α-hetero) is 3. The van der Waals surface area contributed by atoms with Crippen LogP contribution in [0.1, 0.15) is 32.6 Å². The lowest BCUT2D eigenvalue weighted by Crippen LogP contribution is -2.39. The van der Waals surface area contributed by atoms with Crippen LogP contribution in [0.25, 0.3) is 0 Å². The molecule has 1 N–H and O–H groups in total. The van der Waals surface area contributed by atoms with Crippen molar-refractivity contribution in [3.05, 3.63) is 0 Å². The van der Waals surface area contributed by atoms with Gasteiger partial charge in [0, 0.05) is 25.9 Å². The molecule has 84 valence electrons. The lowest BCUT2D eigenvalue weighted by molar-refractivity contribution is -0.144. The highest BCUT2D eigenvalue weighted by Gasteiger charge is 2.38. The Balaban J connectivity index is 2.70. The maximum atomic E-state index is 11.5. The molecule has 0 saturated heterocycles. The highest BCUT2D eigenvalue weighted by Crippen LogP contribution is 2.24. The number of ketones is 3. The number of rotatable bonds is 4. The van der Waals surface area contributed by atoms with Crippen molar-refractivity contribution < 1.29 is 19.5 Å². The van der Waals surface area contributed by atoms with Crippen molar-refractivity contribution in [3.63, 3.8) is 0 Å². The Morgan fingerprint density at radius 2 is 1.87 bits per heavy atom. The molecule has 4 nitrogen and oxygen atoms in total. The van der Waals surface area contributed by atoms with Crippen molar-refractivity contribution >= 4 is 17.3 Å². The number of carbonyl (C=O) groups excluding carboxylic acids is 3. The molecule has 0 bridgehead atoms. The van der Waals surface area contributed by atoms with Crippen molar-refractivity contribution in [2.45, 2.75) is 32.6 Å². The summed E-state index contributed by atoms with van der Waals surface area (Å²) >= 11 is 0. The molecule has 1 rings (SSSR count). The molecule has 15 heavy (non-hydrogen) atoms. The predicted octanol–water partition coefficient (Wildman–Crippen LogP) is 0.512. The molecule has 1 aliphatic rings. The van der Waals surface area contributed by atoms with Crippen molar-refractivity contribution in [3.8, 4) is 0 Å². The van der Waals surface area contributed by atoms with E-state index in [-0.39, 0.29) is 49.1 Å². The van der Waals surface area contributed by atoms with Crippen LogP contribution in [0.2, 0.25) is 0 Å². The van der Waals surface area contributed by atoms with Gasteiger partial charge in [0.15, 0.2) is 17.3 Å². The lowest BCUT2D eigenvalue weighted by atomic mass is 9.77. The molecule has 1 aliphatic carbocycles. The first kappa shape index (κ1) is 12.0. The van der Waals surface area contributed by atoms with E-state index in [2.05, 4.69) is 0 Å². The molecule has 0 atom stereocenters. The molecule has 0 aromatic carbocycles. The van der Waals surface area contributed by atoms with Crippen molar-refractivity contribution in [2.75, 3.05) is 6.61 Å². The first-order valence-electron chi connectivity index (χ1n) is 5.29. The van der Waals surface area contributed by atoms with Gasteiger partial charge in [-0.2, -0.15) is 0 Å². The molecule has 0 aromatic rings. The highest BCUT2D eigenvalue weighted by molar-refractivity contribution is 6.20. The van der Waals surface area contributed by atoms with Crippen LogP contribution in [0.15, 0.2) is 0 Å². The minimum absolute atomic E-state index is 0.155. The van der Waals surface area contributed by atoms with Crippen LogP contribution in [-0.4, -0.2) is 29.1 Å². The zero-order chi connectivity index (χ0) is 11.4. The maximum absolute atomic E-state index is 11.5. The van der Waals surface area contributed by atoms with Crippen LogP contribution < -0.4 is 0 Å². The minimum atomic E-state index is -1.03. The summed E-state index contributed by atoms with van der Waals surface area (Å²) in [5.41, 5.74) is 0. The largest absolute Gasteiger partial charge is 0.396 e. The minimum Gasteiger partial charge on any atom is -0.396 e. The van der Waals surface area contributed by atoms with Gasteiger partial charge < -0.3 is 5.11 Å². The Hall–Kier alpha value is -1.03. The normalized spacial score (nSPS) is 26.8. The van der Waals surface area contributed by atoms with Crippen LogP contribution >= 0.6 is 0 Å². The Morgan fingerprint density at radius 3 is 2.27 bits per heavy atom. The van der Waals surface area contributed by atoms with Gasteiger partial charge in [-0.1, -0.05) is 6.92 Å². The van der Waals surface area contributed by atoms with Gasteiger partial charge in [0.1, 0.15) is 5.92 Å². The van der Waals surface area contributed by atoms with E-state index >= 15 is 0 Å². The molecule has 0 radical (unpaired) electrons. The first-order valence-corrected chi connectivity index (χ1v) is 5.29. The zero-order valence-corrected chi connectivity index (χ0v) is 8.86. The van der Waals surface area contributed by atoms with E-state index in [0.29, 0.717) is 6.42 Å². The molecule has 1 fully saturated rings. The lowest BCUT2D eigenvalue weighted by Gasteiger charge is -2.23. The summed E-state index contributed by atoms with van der Waals surface area (Å²) in [5.74, 6) is -2.21. The predicted molar refractivity (Wildman–Crippen MR) is 53.2 cm³/mol. The average Bonchev–Trinajstić information content (AvgIpc) is 2.16. The van der Waals surface area contributed by atoms with Crippen molar-refractivity contribution in [1.82, 2.24) is 0 Å². The molecule has 0 aromatic heterocycles. The zero-order valence-electron chi connectivity index (χ0n) is 8.86. The summed E-state index contributed by atoms with van der Waals surface area (Å²) in [6.07, 6.45) is 1.25. The van der Waals surface area contributed by atoms with E-state index in [0.717, 1.165) is 0 Å². The van der Waals surface area contributed by atoms with Crippen LogP contribution in [0, 0.1) is 11.8 Å². The molecule has 0 aliphatic heterocycles. The fourth-order valence-electron chi connectivity index (χ4n) is 1.94. The summed E-state index contributed by atoms with van der Waals surface area (Å²) in [5, 5.41) is 8.87. The Bertz CT molecular complexity index is 264. The monoisotopic (exact) mass is 212 g/mol. The van der Waals surface area contributed by atoms with E-state index in [1.165, 1.54) is 0 Å². The molecule has 0 amide bonds. The summed E-state index contributed by atoms with van der Waals surface area (Å²) < 4.78 is 0. The smallest absolute Gasteiger partial charge is 0.151 e. The Labute approximate surface area is 88.7 Å². The SMILES string of the molecule is CCCC(=O)C1C(=O)CC(CO)CC1=O. The van der Waals surface area contributed by atoms with Crippen molar-refractivity contribution in [1.29, 1.82) is 0 Å². The Morgan fingerprint density at radius 1 is 1.33 bits per heavy atom. The van der Waals surface area contributed by atoms with Crippen LogP contribution in [0.5, 0.6) is 0 Å². The summed E-state index contributed by atoms with van der Waals surface area (Å²) in [6, 6.07) is 0. The van der Waals surface area contributed by atoms with Gasteiger partial charge >= 0.3 is 0 Å². The van der Waals surface area contributed by atoms with Gasteiger partial charge in [0.05, 0.1) is 0 Å². The standard InChI is InChI=1S/C11H16O4/c1-2-3-8(13)11-9(14)4-7(6-12)5-10(11)15/h7,11-12H,2-6H2,1H3. The number of hydrogen-bond acceptors (Lipinski definition) is 4. The molecule has 0 heterocycles. The number of aliphatic hydroxyl groups excluding tert-OH is 1. The summed E-state index contributed by atoms with van der Waals surface area (Å²) in [7, 11) is 0. The number of hydrogen-bond donors (Lipinski definition) is 1. The molecule has 0 spiro atoms. The van der Waals surface area contributed by atoms with Crippen LogP contribution in [-0.2, 0) is 14.4 Å². The number of carbonyl (C=O) groups is 3. The topological polar surface area (TPSA) is 71.4 Å². The van der Waals surface area contributed by atoms with E-state index in [9.17, 15) is 14.4 Å². The fraction of sp³-hybridized carbons (Fsp3) is 0.727. The van der Waals surface area contributed by atoms with Gasteiger partial charge in [0.25, 0.3) is 0 Å². The molecular formula is C11H16O4. The van der Waals surface area contributed by atoms with Crippen LogP contribution in [0.4, 0.5) is 0 Å². The second-order valence-electron chi connectivity index (χ2n) is 4.04. The third kappa shape index (κ3) is 2.72. The molecule has 1 saturated carbocycles. The van der Waals surface area contributed by atoms with Crippen molar-refractivity contribution in [2.24, 2.45) is 11.8 Å². The molecule has 4 heteroatoms. The highest BCUT2D eigenvalue weighted by atomic mass is 16.3.